The van der Waals surface area contributed by atoms with E-state index < -0.39 is 0 Å². The van der Waals surface area contributed by atoms with Crippen molar-refractivity contribution in [3.63, 3.8) is 0 Å². The van der Waals surface area contributed by atoms with Gasteiger partial charge in [-0.25, -0.2) is 0 Å². The van der Waals surface area contributed by atoms with Crippen LogP contribution in [0.1, 0.15) is 32.1 Å². The first-order chi connectivity index (χ1) is 12.8. The highest BCUT2D eigenvalue weighted by Crippen LogP contribution is 2.47. The van der Waals surface area contributed by atoms with Gasteiger partial charge in [0.05, 0.1) is 18.9 Å². The van der Waals surface area contributed by atoms with Crippen LogP contribution in [-0.2, 0) is 4.74 Å². The zero-order valence-electron chi connectivity index (χ0n) is 15.6. The minimum Gasteiger partial charge on any atom is -0.496 e. The molecule has 5 heteroatoms. The van der Waals surface area contributed by atoms with Crippen LogP contribution in [0.4, 0.5) is 5.82 Å². The van der Waals surface area contributed by atoms with Crippen molar-refractivity contribution in [3.05, 3.63) is 36.4 Å². The third kappa shape index (κ3) is 3.05. The normalized spacial score (nSPS) is 25.6. The average Bonchev–Trinajstić information content (AvgIpc) is 3.09. The maximum atomic E-state index is 5.81. The van der Waals surface area contributed by atoms with Crippen molar-refractivity contribution in [2.75, 3.05) is 32.2 Å². The van der Waals surface area contributed by atoms with Crippen LogP contribution in [0, 0.1) is 5.41 Å². The van der Waals surface area contributed by atoms with Crippen molar-refractivity contribution in [3.8, 4) is 17.0 Å². The zero-order chi connectivity index (χ0) is 18.0. The van der Waals surface area contributed by atoms with E-state index in [2.05, 4.69) is 21.2 Å². The number of hydrogen-bond donors (Lipinski definition) is 0. The number of methoxy groups -OCH3 is 2. The Morgan fingerprint density at radius 3 is 2.65 bits per heavy atom. The fourth-order valence-corrected chi connectivity index (χ4v) is 4.79. The van der Waals surface area contributed by atoms with Crippen LogP contribution in [0.25, 0.3) is 11.3 Å². The molecular formula is C21H27N3O2. The minimum atomic E-state index is 0.288. The molecule has 1 aliphatic heterocycles. The molecule has 2 fully saturated rings. The Morgan fingerprint density at radius 1 is 1.04 bits per heavy atom. The van der Waals surface area contributed by atoms with Gasteiger partial charge in [-0.1, -0.05) is 18.6 Å². The van der Waals surface area contributed by atoms with Crippen molar-refractivity contribution in [1.82, 2.24) is 10.2 Å². The second kappa shape index (κ2) is 7.23. The minimum absolute atomic E-state index is 0.288. The van der Waals surface area contributed by atoms with Crippen molar-refractivity contribution in [2.45, 2.75) is 38.2 Å². The third-order valence-corrected chi connectivity index (χ3v) is 6.07. The predicted octanol–water partition coefficient (Wildman–Crippen LogP) is 3.94. The van der Waals surface area contributed by atoms with Crippen LogP contribution in [0.2, 0.25) is 0 Å². The summed E-state index contributed by atoms with van der Waals surface area (Å²) < 4.78 is 11.3. The largest absolute Gasteiger partial charge is 0.496 e. The summed E-state index contributed by atoms with van der Waals surface area (Å²) in [7, 11) is 3.54. The molecular weight excluding hydrogens is 326 g/mol. The van der Waals surface area contributed by atoms with Crippen molar-refractivity contribution >= 4 is 5.82 Å². The maximum Gasteiger partial charge on any atom is 0.151 e. The van der Waals surface area contributed by atoms with Gasteiger partial charge in [0, 0.05) is 31.2 Å². The molecule has 2 aliphatic rings. The molecule has 4 rings (SSSR count). The van der Waals surface area contributed by atoms with E-state index in [4.69, 9.17) is 9.47 Å². The summed E-state index contributed by atoms with van der Waals surface area (Å²) in [5.74, 6) is 1.78. The second-order valence-corrected chi connectivity index (χ2v) is 7.48. The van der Waals surface area contributed by atoms with Gasteiger partial charge >= 0.3 is 0 Å². The molecule has 1 spiro atoms. The summed E-state index contributed by atoms with van der Waals surface area (Å²) in [6.07, 6.45) is 6.54. The molecule has 2 atom stereocenters. The first kappa shape index (κ1) is 17.3. The number of rotatable bonds is 4. The monoisotopic (exact) mass is 353 g/mol. The lowest BCUT2D eigenvalue weighted by Gasteiger charge is -2.44. The van der Waals surface area contributed by atoms with Crippen LogP contribution < -0.4 is 9.64 Å². The predicted molar refractivity (Wildman–Crippen MR) is 103 cm³/mol. The fraction of sp³-hybridized carbons (Fsp3) is 0.524. The Bertz CT molecular complexity index is 749. The van der Waals surface area contributed by atoms with Crippen molar-refractivity contribution < 1.29 is 9.47 Å². The second-order valence-electron chi connectivity index (χ2n) is 7.48. The van der Waals surface area contributed by atoms with Gasteiger partial charge < -0.3 is 14.4 Å². The Kier molecular flexibility index (Phi) is 4.81. The molecule has 138 valence electrons. The van der Waals surface area contributed by atoms with Crippen LogP contribution >= 0.6 is 0 Å². The molecule has 1 aromatic heterocycles. The van der Waals surface area contributed by atoms with E-state index in [1.807, 2.05) is 37.4 Å². The van der Waals surface area contributed by atoms with Crippen LogP contribution in [0.15, 0.2) is 36.4 Å². The molecule has 0 unspecified atom stereocenters. The lowest BCUT2D eigenvalue weighted by molar-refractivity contribution is 0.00214. The lowest BCUT2D eigenvalue weighted by atomic mass is 9.76. The van der Waals surface area contributed by atoms with E-state index in [0.29, 0.717) is 6.10 Å². The standard InChI is InChI=1S/C21H27N3O2/c1-25-18-8-4-3-7-16(18)17-10-11-20(23-22-17)24-14-6-13-21(15-24)12-5-9-19(21)26-2/h3-4,7-8,10-11,19H,5-6,9,12-15H2,1-2H3/t19-,21-/m1/s1. The highest BCUT2D eigenvalue weighted by molar-refractivity contribution is 5.67. The number of piperidine rings is 1. The van der Waals surface area contributed by atoms with E-state index in [-0.39, 0.29) is 5.41 Å². The molecule has 0 N–H and O–H groups in total. The summed E-state index contributed by atoms with van der Waals surface area (Å²) in [5.41, 5.74) is 2.10. The van der Waals surface area contributed by atoms with E-state index in [0.717, 1.165) is 35.9 Å². The first-order valence-corrected chi connectivity index (χ1v) is 9.51. The Morgan fingerprint density at radius 2 is 1.88 bits per heavy atom. The van der Waals surface area contributed by atoms with Crippen LogP contribution in [0.3, 0.4) is 0 Å². The van der Waals surface area contributed by atoms with Gasteiger partial charge in [-0.05, 0) is 49.9 Å². The van der Waals surface area contributed by atoms with E-state index in [1.165, 1.54) is 32.1 Å². The number of anilines is 1. The number of para-hydroxylation sites is 1. The third-order valence-electron chi connectivity index (χ3n) is 6.07. The van der Waals surface area contributed by atoms with Crippen LogP contribution in [0.5, 0.6) is 5.75 Å². The highest BCUT2D eigenvalue weighted by atomic mass is 16.5. The summed E-state index contributed by atoms with van der Waals surface area (Å²) >= 11 is 0. The molecule has 1 saturated heterocycles. The molecule has 0 amide bonds. The van der Waals surface area contributed by atoms with E-state index in [1.54, 1.807) is 7.11 Å². The zero-order valence-corrected chi connectivity index (χ0v) is 15.6. The summed E-state index contributed by atoms with van der Waals surface area (Å²) in [6, 6.07) is 12.1. The van der Waals surface area contributed by atoms with Gasteiger partial charge in [-0.15, -0.1) is 10.2 Å². The molecule has 1 aromatic carbocycles. The fourth-order valence-electron chi connectivity index (χ4n) is 4.79. The average molecular weight is 353 g/mol. The summed E-state index contributed by atoms with van der Waals surface area (Å²) in [6.45, 7) is 2.06. The summed E-state index contributed by atoms with van der Waals surface area (Å²) in [5, 5.41) is 9.02. The Balaban J connectivity index is 1.55. The number of benzene rings is 1. The molecule has 0 bridgehead atoms. The number of ether oxygens (including phenoxy) is 2. The van der Waals surface area contributed by atoms with Gasteiger partial charge in [0.15, 0.2) is 5.82 Å². The van der Waals surface area contributed by atoms with Gasteiger partial charge in [0.25, 0.3) is 0 Å². The number of aromatic nitrogens is 2. The Hall–Kier alpha value is -2.14. The smallest absolute Gasteiger partial charge is 0.151 e. The van der Waals surface area contributed by atoms with E-state index >= 15 is 0 Å². The molecule has 26 heavy (non-hydrogen) atoms. The molecule has 1 aliphatic carbocycles. The molecule has 2 aromatic rings. The van der Waals surface area contributed by atoms with Crippen LogP contribution in [-0.4, -0.2) is 43.6 Å². The molecule has 2 heterocycles. The van der Waals surface area contributed by atoms with Crippen molar-refractivity contribution in [2.24, 2.45) is 5.41 Å². The van der Waals surface area contributed by atoms with Gasteiger partial charge in [0.2, 0.25) is 0 Å². The highest BCUT2D eigenvalue weighted by Gasteiger charge is 2.46. The van der Waals surface area contributed by atoms with Crippen molar-refractivity contribution in [1.29, 1.82) is 0 Å². The topological polar surface area (TPSA) is 47.5 Å². The Labute approximate surface area is 155 Å². The summed E-state index contributed by atoms with van der Waals surface area (Å²) in [4.78, 5) is 2.39. The molecule has 5 nitrogen and oxygen atoms in total. The van der Waals surface area contributed by atoms with Gasteiger partial charge in [-0.3, -0.25) is 0 Å². The number of hydrogen-bond acceptors (Lipinski definition) is 5. The molecule has 1 saturated carbocycles. The lowest BCUT2D eigenvalue weighted by Crippen LogP contribution is -2.48. The maximum absolute atomic E-state index is 5.81. The SMILES string of the molecule is COc1ccccc1-c1ccc(N2CCC[C@]3(CCC[C@H]3OC)C2)nn1. The first-order valence-electron chi connectivity index (χ1n) is 9.51. The quantitative estimate of drug-likeness (QED) is 0.833. The number of nitrogens with zero attached hydrogens (tertiary/aromatic N) is 3. The molecule has 0 radical (unpaired) electrons. The van der Waals surface area contributed by atoms with E-state index in [9.17, 15) is 0 Å². The van der Waals surface area contributed by atoms with Gasteiger partial charge in [-0.2, -0.15) is 0 Å². The van der Waals surface area contributed by atoms with Gasteiger partial charge in [0.1, 0.15) is 5.75 Å².